The molecular weight excluding hydrogens is 403 g/mol. The summed E-state index contributed by atoms with van der Waals surface area (Å²) < 4.78 is 5.08. The molecule has 5 nitrogen and oxygen atoms in total. The Bertz CT molecular complexity index is 307. The molecule has 0 heterocycles. The number of likely N-dealkylation sites (N-methyl/N-ethyl adjacent to an activating group) is 1. The first kappa shape index (κ1) is 22.9. The number of nitrogens with one attached hydrogen (secondary N) is 2. The van der Waals surface area contributed by atoms with Crippen molar-refractivity contribution in [2.75, 3.05) is 54.0 Å². The van der Waals surface area contributed by atoms with E-state index >= 15 is 0 Å². The molecule has 1 aliphatic carbocycles. The number of halogens is 1. The second-order valence-corrected chi connectivity index (χ2v) is 6.66. The van der Waals surface area contributed by atoms with Crippen LogP contribution in [0.2, 0.25) is 0 Å². The summed E-state index contributed by atoms with van der Waals surface area (Å²) in [4.78, 5) is 6.64. The van der Waals surface area contributed by atoms with Gasteiger partial charge in [-0.1, -0.05) is 19.8 Å². The number of ether oxygens (including phenoxy) is 1. The quantitative estimate of drug-likeness (QED) is 0.251. The minimum atomic E-state index is 0. The van der Waals surface area contributed by atoms with E-state index in [0.717, 1.165) is 57.0 Å². The molecule has 23 heavy (non-hydrogen) atoms. The van der Waals surface area contributed by atoms with E-state index < -0.39 is 0 Å². The molecule has 0 amide bonds. The number of nitrogens with zero attached hydrogens (tertiary/aromatic N) is 2. The van der Waals surface area contributed by atoms with Gasteiger partial charge in [-0.05, 0) is 38.1 Å². The highest BCUT2D eigenvalue weighted by Gasteiger charge is 2.18. The van der Waals surface area contributed by atoms with Crippen molar-refractivity contribution < 1.29 is 4.74 Å². The summed E-state index contributed by atoms with van der Waals surface area (Å²) in [6.45, 7) is 7.27. The van der Waals surface area contributed by atoms with Gasteiger partial charge < -0.3 is 20.3 Å². The molecule has 0 spiro atoms. The molecule has 1 rings (SSSR count). The van der Waals surface area contributed by atoms with Crippen molar-refractivity contribution in [1.82, 2.24) is 15.5 Å². The fourth-order valence-corrected chi connectivity index (χ4v) is 2.95. The van der Waals surface area contributed by atoms with E-state index in [1.807, 2.05) is 7.05 Å². The third kappa shape index (κ3) is 11.2. The lowest BCUT2D eigenvalue weighted by Gasteiger charge is -2.27. The Morgan fingerprint density at radius 2 is 1.87 bits per heavy atom. The van der Waals surface area contributed by atoms with Gasteiger partial charge in [0.2, 0.25) is 0 Å². The summed E-state index contributed by atoms with van der Waals surface area (Å²) in [6, 6.07) is 0. The number of methoxy groups -OCH3 is 1. The first-order valence-corrected chi connectivity index (χ1v) is 8.77. The lowest BCUT2D eigenvalue weighted by atomic mass is 9.83. The Labute approximate surface area is 160 Å². The summed E-state index contributed by atoms with van der Waals surface area (Å²) in [5.41, 5.74) is 0. The minimum absolute atomic E-state index is 0. The first-order valence-electron chi connectivity index (χ1n) is 8.77. The molecule has 0 bridgehead atoms. The van der Waals surface area contributed by atoms with Crippen molar-refractivity contribution in [3.05, 3.63) is 0 Å². The molecule has 138 valence electrons. The molecule has 1 fully saturated rings. The highest BCUT2D eigenvalue weighted by Crippen LogP contribution is 2.27. The van der Waals surface area contributed by atoms with E-state index in [0.29, 0.717) is 0 Å². The van der Waals surface area contributed by atoms with Gasteiger partial charge in [0.15, 0.2) is 5.96 Å². The second-order valence-electron chi connectivity index (χ2n) is 6.66. The van der Waals surface area contributed by atoms with Gasteiger partial charge in [0.05, 0.1) is 0 Å². The van der Waals surface area contributed by atoms with E-state index in [2.05, 4.69) is 34.5 Å². The SMILES string of the molecule is CN=C(NCCN(C)CCCOC)NCC1CCC(C)CC1.I. The Hall–Kier alpha value is -0.0800. The highest BCUT2D eigenvalue weighted by molar-refractivity contribution is 14.0. The first-order chi connectivity index (χ1) is 10.7. The van der Waals surface area contributed by atoms with Crippen molar-refractivity contribution in [3.8, 4) is 0 Å². The van der Waals surface area contributed by atoms with Crippen LogP contribution in [-0.4, -0.2) is 64.9 Å². The third-order valence-corrected chi connectivity index (χ3v) is 4.59. The van der Waals surface area contributed by atoms with E-state index in [1.165, 1.54) is 25.7 Å². The zero-order chi connectivity index (χ0) is 16.2. The predicted molar refractivity (Wildman–Crippen MR) is 110 cm³/mol. The number of hydrogen-bond acceptors (Lipinski definition) is 3. The average molecular weight is 440 g/mol. The summed E-state index contributed by atoms with van der Waals surface area (Å²) in [5.74, 6) is 2.66. The van der Waals surface area contributed by atoms with Crippen LogP contribution in [0.3, 0.4) is 0 Å². The van der Waals surface area contributed by atoms with Crippen molar-refractivity contribution in [3.63, 3.8) is 0 Å². The van der Waals surface area contributed by atoms with Crippen molar-refractivity contribution >= 4 is 29.9 Å². The van der Waals surface area contributed by atoms with Crippen molar-refractivity contribution in [1.29, 1.82) is 0 Å². The maximum atomic E-state index is 5.08. The smallest absolute Gasteiger partial charge is 0.191 e. The number of guanidine groups is 1. The molecule has 0 aromatic carbocycles. The minimum Gasteiger partial charge on any atom is -0.385 e. The largest absolute Gasteiger partial charge is 0.385 e. The van der Waals surface area contributed by atoms with Gasteiger partial charge in [-0.15, -0.1) is 24.0 Å². The number of rotatable bonds is 9. The molecule has 1 aliphatic rings. The summed E-state index contributed by atoms with van der Waals surface area (Å²) >= 11 is 0. The van der Waals surface area contributed by atoms with Crippen LogP contribution in [-0.2, 0) is 4.74 Å². The molecule has 2 N–H and O–H groups in total. The predicted octanol–water partition coefficient (Wildman–Crippen LogP) is 2.56. The molecule has 6 heteroatoms. The lowest BCUT2D eigenvalue weighted by molar-refractivity contribution is 0.180. The van der Waals surface area contributed by atoms with Crippen LogP contribution in [0.25, 0.3) is 0 Å². The van der Waals surface area contributed by atoms with E-state index in [1.54, 1.807) is 7.11 Å². The molecule has 0 radical (unpaired) electrons. The maximum Gasteiger partial charge on any atom is 0.191 e. The van der Waals surface area contributed by atoms with E-state index in [-0.39, 0.29) is 24.0 Å². The molecule has 0 saturated heterocycles. The second kappa shape index (κ2) is 14.3. The molecule has 0 aromatic rings. The average Bonchev–Trinajstić information content (AvgIpc) is 2.52. The molecule has 1 saturated carbocycles. The Kier molecular flexibility index (Phi) is 14.2. The highest BCUT2D eigenvalue weighted by atomic mass is 127. The van der Waals surface area contributed by atoms with Crippen LogP contribution in [0, 0.1) is 11.8 Å². The van der Waals surface area contributed by atoms with Crippen molar-refractivity contribution in [2.24, 2.45) is 16.8 Å². The Morgan fingerprint density at radius 3 is 2.48 bits per heavy atom. The fraction of sp³-hybridized carbons (Fsp3) is 0.941. The molecular formula is C17H37IN4O. The van der Waals surface area contributed by atoms with Gasteiger partial charge in [-0.3, -0.25) is 4.99 Å². The van der Waals surface area contributed by atoms with Gasteiger partial charge in [0.25, 0.3) is 0 Å². The maximum absolute atomic E-state index is 5.08. The number of hydrogen-bond donors (Lipinski definition) is 2. The van der Waals surface area contributed by atoms with Crippen LogP contribution in [0.5, 0.6) is 0 Å². The van der Waals surface area contributed by atoms with Gasteiger partial charge in [0.1, 0.15) is 0 Å². The lowest BCUT2D eigenvalue weighted by Crippen LogP contribution is -2.43. The van der Waals surface area contributed by atoms with Gasteiger partial charge in [0, 0.05) is 46.9 Å². The number of aliphatic imine (C=N–C) groups is 1. The van der Waals surface area contributed by atoms with E-state index in [4.69, 9.17) is 4.74 Å². The zero-order valence-electron chi connectivity index (χ0n) is 15.4. The van der Waals surface area contributed by atoms with Gasteiger partial charge in [-0.25, -0.2) is 0 Å². The van der Waals surface area contributed by atoms with Crippen LogP contribution >= 0.6 is 24.0 Å². The molecule has 0 aliphatic heterocycles. The zero-order valence-corrected chi connectivity index (χ0v) is 17.8. The third-order valence-electron chi connectivity index (χ3n) is 4.59. The molecule has 0 aromatic heterocycles. The summed E-state index contributed by atoms with van der Waals surface area (Å²) in [6.07, 6.45) is 6.55. The van der Waals surface area contributed by atoms with E-state index in [9.17, 15) is 0 Å². The summed E-state index contributed by atoms with van der Waals surface area (Å²) in [5, 5.41) is 6.89. The fourth-order valence-electron chi connectivity index (χ4n) is 2.95. The van der Waals surface area contributed by atoms with Gasteiger partial charge >= 0.3 is 0 Å². The molecule has 0 atom stereocenters. The van der Waals surface area contributed by atoms with Crippen LogP contribution in [0.15, 0.2) is 4.99 Å². The van der Waals surface area contributed by atoms with Gasteiger partial charge in [-0.2, -0.15) is 0 Å². The van der Waals surface area contributed by atoms with Crippen molar-refractivity contribution in [2.45, 2.75) is 39.0 Å². The van der Waals surface area contributed by atoms with Crippen LogP contribution < -0.4 is 10.6 Å². The standard InChI is InChI=1S/C17H36N4O.HI/c1-15-6-8-16(9-7-15)14-20-17(18-2)19-10-12-21(3)11-5-13-22-4;/h15-16H,5-14H2,1-4H3,(H2,18,19,20);1H. The topological polar surface area (TPSA) is 48.9 Å². The summed E-state index contributed by atoms with van der Waals surface area (Å²) in [7, 11) is 5.75. The Morgan fingerprint density at radius 1 is 1.17 bits per heavy atom. The van der Waals surface area contributed by atoms with Crippen LogP contribution in [0.4, 0.5) is 0 Å². The Balaban J connectivity index is 0.00000484. The monoisotopic (exact) mass is 440 g/mol. The normalized spacial score (nSPS) is 21.9. The van der Waals surface area contributed by atoms with Crippen LogP contribution in [0.1, 0.15) is 39.0 Å². The molecule has 0 unspecified atom stereocenters.